The summed E-state index contributed by atoms with van der Waals surface area (Å²) in [7, 11) is 0. The van der Waals surface area contributed by atoms with Crippen LogP contribution in [0.4, 0.5) is 0 Å². The van der Waals surface area contributed by atoms with E-state index in [0.717, 1.165) is 4.47 Å². The van der Waals surface area contributed by atoms with Crippen LogP contribution in [0.3, 0.4) is 0 Å². The number of hydrogen-bond acceptors (Lipinski definition) is 6. The third-order valence-electron chi connectivity index (χ3n) is 4.15. The minimum absolute atomic E-state index is 0.249. The maximum absolute atomic E-state index is 13.0. The molecule has 1 amide bonds. The topological polar surface area (TPSA) is 109 Å². The fourth-order valence-corrected chi connectivity index (χ4v) is 3.17. The first-order chi connectivity index (χ1) is 14.4. The summed E-state index contributed by atoms with van der Waals surface area (Å²) in [4.78, 5) is 28.5. The molecule has 3 aromatic rings. The van der Waals surface area contributed by atoms with Crippen molar-refractivity contribution in [2.75, 3.05) is 13.2 Å². The highest BCUT2D eigenvalue weighted by Gasteiger charge is 2.11. The maximum Gasteiger partial charge on any atom is 0.282 e. The van der Waals surface area contributed by atoms with Gasteiger partial charge in [0.1, 0.15) is 5.82 Å². The standard InChI is InChI=1S/C21H21BrN4O4/c1-3-20-25-16-7-6-14(22)10-15(16)21(28)26(20)24-11-13-5-8-17(30-12-19(23)27)18(9-13)29-4-2/h5-11H,3-4,12H2,1-2H3,(H2,23,27). The van der Waals surface area contributed by atoms with Crippen LogP contribution in [0.15, 0.2) is 50.8 Å². The zero-order chi connectivity index (χ0) is 21.7. The van der Waals surface area contributed by atoms with Crippen LogP contribution in [0.2, 0.25) is 0 Å². The minimum Gasteiger partial charge on any atom is -0.490 e. The Balaban J connectivity index is 1.99. The van der Waals surface area contributed by atoms with Gasteiger partial charge in [0, 0.05) is 10.9 Å². The summed E-state index contributed by atoms with van der Waals surface area (Å²) in [5, 5.41) is 4.84. The largest absolute Gasteiger partial charge is 0.490 e. The molecule has 0 bridgehead atoms. The smallest absolute Gasteiger partial charge is 0.282 e. The number of halogens is 1. The predicted octanol–water partition coefficient (Wildman–Crippen LogP) is 2.87. The molecule has 0 saturated heterocycles. The van der Waals surface area contributed by atoms with Gasteiger partial charge in [-0.15, -0.1) is 0 Å². The zero-order valence-corrected chi connectivity index (χ0v) is 18.2. The summed E-state index contributed by atoms with van der Waals surface area (Å²) in [5.41, 5.74) is 6.19. The molecule has 0 fully saturated rings. The number of fused-ring (bicyclic) bond motifs is 1. The molecule has 8 nitrogen and oxygen atoms in total. The van der Waals surface area contributed by atoms with Gasteiger partial charge < -0.3 is 15.2 Å². The number of amides is 1. The van der Waals surface area contributed by atoms with Crippen molar-refractivity contribution in [1.29, 1.82) is 0 Å². The molecule has 1 heterocycles. The first kappa shape index (κ1) is 21.5. The predicted molar refractivity (Wildman–Crippen MR) is 118 cm³/mol. The third-order valence-corrected chi connectivity index (χ3v) is 4.64. The maximum atomic E-state index is 13.0. The molecule has 0 unspecified atom stereocenters. The van der Waals surface area contributed by atoms with E-state index in [4.69, 9.17) is 15.2 Å². The molecule has 1 aromatic heterocycles. The first-order valence-corrected chi connectivity index (χ1v) is 10.2. The van der Waals surface area contributed by atoms with Gasteiger partial charge in [-0.25, -0.2) is 4.98 Å². The highest BCUT2D eigenvalue weighted by atomic mass is 79.9. The average Bonchev–Trinajstić information content (AvgIpc) is 2.72. The number of rotatable bonds is 8. The monoisotopic (exact) mass is 472 g/mol. The molecule has 0 saturated carbocycles. The van der Waals surface area contributed by atoms with Gasteiger partial charge >= 0.3 is 0 Å². The lowest BCUT2D eigenvalue weighted by Crippen LogP contribution is -2.22. The number of ether oxygens (including phenoxy) is 2. The molecule has 0 spiro atoms. The van der Waals surface area contributed by atoms with E-state index in [-0.39, 0.29) is 12.2 Å². The second kappa shape index (κ2) is 9.53. The summed E-state index contributed by atoms with van der Waals surface area (Å²) in [6.07, 6.45) is 2.09. The molecule has 0 aliphatic carbocycles. The Morgan fingerprint density at radius 2 is 2.00 bits per heavy atom. The van der Waals surface area contributed by atoms with Gasteiger partial charge in [-0.2, -0.15) is 9.78 Å². The molecule has 2 aromatic carbocycles. The SMILES string of the molecule is CCOc1cc(C=Nn2c(CC)nc3ccc(Br)cc3c2=O)ccc1OCC(N)=O. The van der Waals surface area contributed by atoms with Gasteiger partial charge in [-0.1, -0.05) is 22.9 Å². The van der Waals surface area contributed by atoms with Crippen LogP contribution in [-0.2, 0) is 11.2 Å². The normalized spacial score (nSPS) is 11.2. The molecule has 156 valence electrons. The summed E-state index contributed by atoms with van der Waals surface area (Å²) in [5.74, 6) is 0.824. The zero-order valence-electron chi connectivity index (χ0n) is 16.6. The van der Waals surface area contributed by atoms with E-state index in [0.29, 0.717) is 46.8 Å². The lowest BCUT2D eigenvalue weighted by atomic mass is 10.2. The second-order valence-electron chi connectivity index (χ2n) is 6.30. The van der Waals surface area contributed by atoms with E-state index in [2.05, 4.69) is 26.0 Å². The summed E-state index contributed by atoms with van der Waals surface area (Å²) < 4.78 is 13.0. The number of carbonyl (C=O) groups is 1. The van der Waals surface area contributed by atoms with E-state index >= 15 is 0 Å². The van der Waals surface area contributed by atoms with Crippen molar-refractivity contribution in [3.05, 3.63) is 62.6 Å². The van der Waals surface area contributed by atoms with Gasteiger partial charge in [0.05, 0.1) is 23.7 Å². The van der Waals surface area contributed by atoms with Crippen LogP contribution < -0.4 is 20.8 Å². The number of carbonyl (C=O) groups excluding carboxylic acids is 1. The van der Waals surface area contributed by atoms with E-state index in [1.807, 2.05) is 19.9 Å². The molecule has 0 radical (unpaired) electrons. The highest BCUT2D eigenvalue weighted by molar-refractivity contribution is 9.10. The Kier molecular flexibility index (Phi) is 6.83. The number of aryl methyl sites for hydroxylation is 1. The number of hydrogen-bond donors (Lipinski definition) is 1. The van der Waals surface area contributed by atoms with Crippen molar-refractivity contribution in [3.63, 3.8) is 0 Å². The lowest BCUT2D eigenvalue weighted by molar-refractivity contribution is -0.119. The molecule has 0 aliphatic rings. The van der Waals surface area contributed by atoms with Gasteiger partial charge in [-0.3, -0.25) is 9.59 Å². The Morgan fingerprint density at radius 3 is 2.70 bits per heavy atom. The van der Waals surface area contributed by atoms with Crippen molar-refractivity contribution in [3.8, 4) is 11.5 Å². The van der Waals surface area contributed by atoms with Crippen molar-refractivity contribution in [2.45, 2.75) is 20.3 Å². The molecule has 2 N–H and O–H groups in total. The molecule has 9 heteroatoms. The van der Waals surface area contributed by atoms with E-state index < -0.39 is 5.91 Å². The number of primary amides is 1. The third kappa shape index (κ3) is 4.85. The number of aromatic nitrogens is 2. The fraction of sp³-hybridized carbons (Fsp3) is 0.238. The molecule has 0 aliphatic heterocycles. The van der Waals surface area contributed by atoms with Crippen molar-refractivity contribution in [1.82, 2.24) is 9.66 Å². The minimum atomic E-state index is -0.579. The number of benzene rings is 2. The fourth-order valence-electron chi connectivity index (χ4n) is 2.81. The highest BCUT2D eigenvalue weighted by Crippen LogP contribution is 2.28. The van der Waals surface area contributed by atoms with E-state index in [1.54, 1.807) is 36.5 Å². The van der Waals surface area contributed by atoms with Crippen LogP contribution >= 0.6 is 15.9 Å². The molecule has 0 atom stereocenters. The number of nitrogens with two attached hydrogens (primary N) is 1. The van der Waals surface area contributed by atoms with Gasteiger partial charge in [0.25, 0.3) is 11.5 Å². The Hall–Kier alpha value is -3.20. The van der Waals surface area contributed by atoms with Crippen molar-refractivity contribution in [2.24, 2.45) is 10.8 Å². The van der Waals surface area contributed by atoms with Gasteiger partial charge in [0.2, 0.25) is 0 Å². The first-order valence-electron chi connectivity index (χ1n) is 9.36. The molecular weight excluding hydrogens is 452 g/mol. The lowest BCUT2D eigenvalue weighted by Gasteiger charge is -2.11. The van der Waals surface area contributed by atoms with Crippen LogP contribution in [0.25, 0.3) is 10.9 Å². The van der Waals surface area contributed by atoms with Crippen LogP contribution in [0.1, 0.15) is 25.2 Å². The van der Waals surface area contributed by atoms with Gasteiger partial charge in [0.15, 0.2) is 18.1 Å². The van der Waals surface area contributed by atoms with E-state index in [1.165, 1.54) is 4.68 Å². The van der Waals surface area contributed by atoms with Crippen molar-refractivity contribution < 1.29 is 14.3 Å². The Bertz CT molecular complexity index is 1170. The Labute approximate surface area is 181 Å². The van der Waals surface area contributed by atoms with E-state index in [9.17, 15) is 9.59 Å². The second-order valence-corrected chi connectivity index (χ2v) is 7.21. The van der Waals surface area contributed by atoms with Crippen LogP contribution in [0, 0.1) is 0 Å². The van der Waals surface area contributed by atoms with Crippen molar-refractivity contribution >= 4 is 39.0 Å². The van der Waals surface area contributed by atoms with Gasteiger partial charge in [-0.05, 0) is 48.9 Å². The Morgan fingerprint density at radius 1 is 1.20 bits per heavy atom. The van der Waals surface area contributed by atoms with Crippen LogP contribution in [0.5, 0.6) is 11.5 Å². The average molecular weight is 473 g/mol. The summed E-state index contributed by atoms with van der Waals surface area (Å²) in [6, 6.07) is 10.5. The quantitative estimate of drug-likeness (QED) is 0.506. The summed E-state index contributed by atoms with van der Waals surface area (Å²) in [6.45, 7) is 3.92. The number of nitrogens with zero attached hydrogens (tertiary/aromatic N) is 3. The molecular formula is C21H21BrN4O4. The van der Waals surface area contributed by atoms with Crippen LogP contribution in [-0.4, -0.2) is 35.0 Å². The molecule has 30 heavy (non-hydrogen) atoms. The summed E-state index contributed by atoms with van der Waals surface area (Å²) >= 11 is 3.38. The molecule has 3 rings (SSSR count).